The molecule has 0 bridgehead atoms. The number of hydrogen-bond acceptors (Lipinski definition) is 3. The molecule has 86 valence electrons. The molecule has 0 saturated heterocycles. The van der Waals surface area contributed by atoms with Crippen molar-refractivity contribution in [2.45, 2.75) is 39.3 Å². The summed E-state index contributed by atoms with van der Waals surface area (Å²) in [5.74, 6) is 0.701. The second-order valence-corrected chi connectivity index (χ2v) is 4.53. The van der Waals surface area contributed by atoms with Crippen molar-refractivity contribution in [1.82, 2.24) is 4.90 Å². The molecule has 1 N–H and O–H groups in total. The maximum Gasteiger partial charge on any atom is 0.0900 e. The number of aliphatic hydroxyl groups excluding tert-OH is 1. The summed E-state index contributed by atoms with van der Waals surface area (Å²) in [4.78, 5) is 2.18. The lowest BCUT2D eigenvalue weighted by Gasteiger charge is -2.27. The largest absolute Gasteiger partial charge is 0.389 e. The molecule has 0 heterocycles. The number of hydrogen-bond donors (Lipinski definition) is 1. The fraction of sp³-hybridized carbons (Fsp3) is 1.00. The Labute approximate surface area is 88.1 Å². The molecular weight excluding hydrogens is 178 g/mol. The van der Waals surface area contributed by atoms with Gasteiger partial charge >= 0.3 is 0 Å². The van der Waals surface area contributed by atoms with E-state index in [9.17, 15) is 5.11 Å². The van der Waals surface area contributed by atoms with Crippen molar-refractivity contribution in [3.8, 4) is 0 Å². The second kappa shape index (κ2) is 7.21. The van der Waals surface area contributed by atoms with Crippen LogP contribution in [0, 0.1) is 5.92 Å². The summed E-state index contributed by atoms with van der Waals surface area (Å²) in [6.07, 6.45) is 0.788. The minimum absolute atomic E-state index is 0.375. The highest BCUT2D eigenvalue weighted by atomic mass is 16.5. The molecule has 0 spiro atoms. The Bertz CT molecular complexity index is 139. The highest BCUT2D eigenvalue weighted by molar-refractivity contribution is 4.68. The maximum absolute atomic E-state index is 9.54. The van der Waals surface area contributed by atoms with Crippen LogP contribution in [-0.4, -0.2) is 49.5 Å². The molecule has 0 rings (SSSR count). The van der Waals surface area contributed by atoms with Crippen LogP contribution in [0.3, 0.4) is 0 Å². The van der Waals surface area contributed by atoms with E-state index < -0.39 is 0 Å². The van der Waals surface area contributed by atoms with Gasteiger partial charge < -0.3 is 14.7 Å². The van der Waals surface area contributed by atoms with Crippen molar-refractivity contribution < 1.29 is 9.84 Å². The highest BCUT2D eigenvalue weighted by Crippen LogP contribution is 2.09. The highest BCUT2D eigenvalue weighted by Gasteiger charge is 2.14. The number of rotatable bonds is 7. The Morgan fingerprint density at radius 1 is 1.29 bits per heavy atom. The first-order chi connectivity index (χ1) is 6.47. The van der Waals surface area contributed by atoms with E-state index in [-0.39, 0.29) is 6.10 Å². The zero-order valence-electron chi connectivity index (χ0n) is 10.2. The molecule has 3 heteroatoms. The maximum atomic E-state index is 9.54. The quantitative estimate of drug-likeness (QED) is 0.678. The normalized spacial score (nSPS) is 16.3. The van der Waals surface area contributed by atoms with Crippen LogP contribution in [0.2, 0.25) is 0 Å². The zero-order chi connectivity index (χ0) is 11.1. The van der Waals surface area contributed by atoms with Crippen LogP contribution < -0.4 is 0 Å². The van der Waals surface area contributed by atoms with Crippen molar-refractivity contribution in [3.05, 3.63) is 0 Å². The van der Waals surface area contributed by atoms with Crippen molar-refractivity contribution in [2.24, 2.45) is 5.92 Å². The first kappa shape index (κ1) is 13.9. The van der Waals surface area contributed by atoms with E-state index in [1.54, 1.807) is 7.11 Å². The van der Waals surface area contributed by atoms with Gasteiger partial charge in [-0.2, -0.15) is 0 Å². The summed E-state index contributed by atoms with van der Waals surface area (Å²) in [6, 6.07) is 0.515. The first-order valence-corrected chi connectivity index (χ1v) is 5.34. The molecule has 14 heavy (non-hydrogen) atoms. The number of nitrogens with zero attached hydrogens (tertiary/aromatic N) is 1. The molecule has 0 radical (unpaired) electrons. The monoisotopic (exact) mass is 203 g/mol. The van der Waals surface area contributed by atoms with Gasteiger partial charge in [-0.1, -0.05) is 13.8 Å². The molecule has 0 saturated carbocycles. The van der Waals surface area contributed by atoms with Crippen molar-refractivity contribution in [1.29, 1.82) is 0 Å². The molecule has 0 aromatic rings. The third-order valence-corrected chi connectivity index (χ3v) is 2.42. The summed E-state index contributed by atoms with van der Waals surface area (Å²) in [5.41, 5.74) is 0. The van der Waals surface area contributed by atoms with E-state index in [4.69, 9.17) is 4.74 Å². The van der Waals surface area contributed by atoms with Gasteiger partial charge in [0, 0.05) is 19.7 Å². The predicted molar refractivity (Wildman–Crippen MR) is 59.4 cm³/mol. The van der Waals surface area contributed by atoms with E-state index >= 15 is 0 Å². The standard InChI is InChI=1S/C11H25NO2/c1-9(2)6-10(3)12(4)7-11(13)8-14-5/h9-11,13H,6-8H2,1-5H3. The Kier molecular flexibility index (Phi) is 7.15. The van der Waals surface area contributed by atoms with Crippen LogP contribution in [0.5, 0.6) is 0 Å². The molecule has 2 unspecified atom stereocenters. The summed E-state index contributed by atoms with van der Waals surface area (Å²) in [5, 5.41) is 9.54. The van der Waals surface area contributed by atoms with Gasteiger partial charge in [0.05, 0.1) is 12.7 Å². The minimum Gasteiger partial charge on any atom is -0.389 e. The molecule has 2 atom stereocenters. The molecule has 0 amide bonds. The molecule has 0 fully saturated rings. The lowest BCUT2D eigenvalue weighted by molar-refractivity contribution is 0.0339. The van der Waals surface area contributed by atoms with Gasteiger partial charge in [0.25, 0.3) is 0 Å². The number of aliphatic hydroxyl groups is 1. The Morgan fingerprint density at radius 3 is 2.29 bits per heavy atom. The van der Waals surface area contributed by atoms with Crippen molar-refractivity contribution in [2.75, 3.05) is 27.3 Å². The van der Waals surface area contributed by atoms with E-state index in [2.05, 4.69) is 25.7 Å². The third-order valence-electron chi connectivity index (χ3n) is 2.42. The summed E-state index contributed by atoms with van der Waals surface area (Å²) >= 11 is 0. The van der Waals surface area contributed by atoms with E-state index in [0.29, 0.717) is 25.1 Å². The molecule has 0 aromatic carbocycles. The fourth-order valence-corrected chi connectivity index (χ4v) is 1.62. The third kappa shape index (κ3) is 6.35. The lowest BCUT2D eigenvalue weighted by atomic mass is 10.0. The van der Waals surface area contributed by atoms with Crippen LogP contribution in [0.4, 0.5) is 0 Å². The summed E-state index contributed by atoms with van der Waals surface area (Å²) in [6.45, 7) is 7.73. The second-order valence-electron chi connectivity index (χ2n) is 4.53. The van der Waals surface area contributed by atoms with E-state index in [0.717, 1.165) is 6.42 Å². The Morgan fingerprint density at radius 2 is 1.86 bits per heavy atom. The van der Waals surface area contributed by atoms with E-state index in [1.165, 1.54) is 0 Å². The molecule has 3 nitrogen and oxygen atoms in total. The van der Waals surface area contributed by atoms with Crippen LogP contribution >= 0.6 is 0 Å². The van der Waals surface area contributed by atoms with E-state index in [1.807, 2.05) is 7.05 Å². The van der Waals surface area contributed by atoms with Gasteiger partial charge in [0.2, 0.25) is 0 Å². The molecule has 0 aliphatic heterocycles. The molecule has 0 aromatic heterocycles. The smallest absolute Gasteiger partial charge is 0.0900 e. The number of methoxy groups -OCH3 is 1. The van der Waals surface area contributed by atoms with Gasteiger partial charge in [-0.05, 0) is 26.3 Å². The van der Waals surface area contributed by atoms with Gasteiger partial charge in [0.15, 0.2) is 0 Å². The topological polar surface area (TPSA) is 32.7 Å². The predicted octanol–water partition coefficient (Wildman–Crippen LogP) is 1.36. The SMILES string of the molecule is COCC(O)CN(C)C(C)CC(C)C. The average molecular weight is 203 g/mol. The molecular formula is C11H25NO2. The van der Waals surface area contributed by atoms with Crippen LogP contribution in [0.1, 0.15) is 27.2 Å². The lowest BCUT2D eigenvalue weighted by Crippen LogP contribution is -2.38. The van der Waals surface area contributed by atoms with Crippen molar-refractivity contribution >= 4 is 0 Å². The molecule has 0 aliphatic carbocycles. The van der Waals surface area contributed by atoms with Crippen molar-refractivity contribution in [3.63, 3.8) is 0 Å². The Hall–Kier alpha value is -0.120. The van der Waals surface area contributed by atoms with Gasteiger partial charge in [0.1, 0.15) is 0 Å². The number of ether oxygens (including phenoxy) is 1. The van der Waals surface area contributed by atoms with Gasteiger partial charge in [-0.15, -0.1) is 0 Å². The minimum atomic E-state index is -0.375. The average Bonchev–Trinajstić information content (AvgIpc) is 2.02. The van der Waals surface area contributed by atoms with Gasteiger partial charge in [-0.25, -0.2) is 0 Å². The number of likely N-dealkylation sites (N-methyl/N-ethyl adjacent to an activating group) is 1. The Balaban J connectivity index is 3.76. The van der Waals surface area contributed by atoms with Crippen LogP contribution in [0.15, 0.2) is 0 Å². The summed E-state index contributed by atoms with van der Waals surface area (Å²) < 4.78 is 4.89. The van der Waals surface area contributed by atoms with Crippen LogP contribution in [-0.2, 0) is 4.74 Å². The zero-order valence-corrected chi connectivity index (χ0v) is 10.2. The summed E-state index contributed by atoms with van der Waals surface area (Å²) in [7, 11) is 3.66. The van der Waals surface area contributed by atoms with Gasteiger partial charge in [-0.3, -0.25) is 0 Å². The molecule has 0 aliphatic rings. The first-order valence-electron chi connectivity index (χ1n) is 5.34. The van der Waals surface area contributed by atoms with Crippen LogP contribution in [0.25, 0.3) is 0 Å². The fourth-order valence-electron chi connectivity index (χ4n) is 1.62.